The Bertz CT molecular complexity index is 672. The smallest absolute Gasteiger partial charge is 0.288 e. The number of hydrazine groups is 1. The molecular weight excluding hydrogens is 282 g/mol. The highest BCUT2D eigenvalue weighted by molar-refractivity contribution is 5.93. The van der Waals surface area contributed by atoms with E-state index in [4.69, 9.17) is 4.74 Å². The molecule has 0 radical (unpaired) electrons. The van der Waals surface area contributed by atoms with Gasteiger partial charge in [-0.3, -0.25) is 25.4 Å². The molecule has 0 saturated carbocycles. The number of ether oxygens (including phenoxy) is 1. The van der Waals surface area contributed by atoms with E-state index in [-0.39, 0.29) is 12.3 Å². The lowest BCUT2D eigenvalue weighted by atomic mass is 10.1. The van der Waals surface area contributed by atoms with Crippen molar-refractivity contribution in [3.8, 4) is 5.75 Å². The molecule has 2 aromatic rings. The number of rotatable bonds is 4. The molecule has 0 atom stereocenters. The number of carbonyl (C=O) groups is 2. The quantitative estimate of drug-likeness (QED) is 0.839. The Morgan fingerprint density at radius 1 is 1.09 bits per heavy atom. The van der Waals surface area contributed by atoms with Gasteiger partial charge in [-0.2, -0.15) is 0 Å². The van der Waals surface area contributed by atoms with Crippen molar-refractivity contribution in [2.24, 2.45) is 0 Å². The summed E-state index contributed by atoms with van der Waals surface area (Å²) in [5, 5.41) is 0. The van der Waals surface area contributed by atoms with Crippen LogP contribution in [0.3, 0.4) is 0 Å². The Labute approximate surface area is 128 Å². The van der Waals surface area contributed by atoms with Gasteiger partial charge in [0, 0.05) is 6.20 Å². The second kappa shape index (κ2) is 7.21. The number of hydrogen-bond acceptors (Lipinski definition) is 4. The summed E-state index contributed by atoms with van der Waals surface area (Å²) >= 11 is 0. The highest BCUT2D eigenvalue weighted by atomic mass is 16.5. The van der Waals surface area contributed by atoms with E-state index >= 15 is 0 Å². The minimum absolute atomic E-state index is 0.189. The third kappa shape index (κ3) is 4.31. The van der Waals surface area contributed by atoms with E-state index in [0.717, 1.165) is 11.1 Å². The number of hydrogen-bond donors (Lipinski definition) is 2. The van der Waals surface area contributed by atoms with Gasteiger partial charge in [0.05, 0.1) is 0 Å². The van der Waals surface area contributed by atoms with Crippen molar-refractivity contribution in [2.45, 2.75) is 13.8 Å². The van der Waals surface area contributed by atoms with Crippen LogP contribution in [-0.4, -0.2) is 23.4 Å². The molecule has 6 nitrogen and oxygen atoms in total. The summed E-state index contributed by atoms with van der Waals surface area (Å²) in [7, 11) is 0. The molecule has 1 aromatic carbocycles. The van der Waals surface area contributed by atoms with Gasteiger partial charge in [0.15, 0.2) is 6.61 Å². The fraction of sp³-hybridized carbons (Fsp3) is 0.188. The number of amides is 2. The highest BCUT2D eigenvalue weighted by Crippen LogP contribution is 2.16. The van der Waals surface area contributed by atoms with Crippen molar-refractivity contribution in [1.29, 1.82) is 0 Å². The van der Waals surface area contributed by atoms with Crippen LogP contribution in [0.4, 0.5) is 0 Å². The number of benzene rings is 1. The molecule has 114 valence electrons. The largest absolute Gasteiger partial charge is 0.484 e. The molecule has 0 bridgehead atoms. The van der Waals surface area contributed by atoms with Crippen LogP contribution in [0.1, 0.15) is 21.6 Å². The molecule has 0 spiro atoms. The van der Waals surface area contributed by atoms with Crippen LogP contribution < -0.4 is 15.6 Å². The van der Waals surface area contributed by atoms with E-state index in [1.807, 2.05) is 26.0 Å². The molecule has 2 amide bonds. The number of carbonyl (C=O) groups excluding carboxylic acids is 2. The number of nitrogens with zero attached hydrogens (tertiary/aromatic N) is 1. The average Bonchev–Trinajstić information content (AvgIpc) is 2.54. The molecule has 0 aliphatic heterocycles. The monoisotopic (exact) mass is 299 g/mol. The molecule has 0 saturated heterocycles. The van der Waals surface area contributed by atoms with Gasteiger partial charge in [-0.15, -0.1) is 0 Å². The van der Waals surface area contributed by atoms with Crippen LogP contribution in [0.5, 0.6) is 5.75 Å². The normalized spacial score (nSPS) is 9.91. The summed E-state index contributed by atoms with van der Waals surface area (Å²) < 4.78 is 5.36. The van der Waals surface area contributed by atoms with Gasteiger partial charge in [0.25, 0.3) is 11.8 Å². The summed E-state index contributed by atoms with van der Waals surface area (Å²) in [5.41, 5.74) is 7.01. The molecule has 0 aliphatic carbocycles. The van der Waals surface area contributed by atoms with Crippen LogP contribution in [0.15, 0.2) is 42.6 Å². The van der Waals surface area contributed by atoms with Crippen molar-refractivity contribution in [3.05, 3.63) is 59.4 Å². The highest BCUT2D eigenvalue weighted by Gasteiger charge is 2.08. The lowest BCUT2D eigenvalue weighted by Gasteiger charge is -2.09. The zero-order chi connectivity index (χ0) is 15.9. The molecule has 0 unspecified atom stereocenters. The zero-order valence-corrected chi connectivity index (χ0v) is 12.4. The third-order valence-electron chi connectivity index (χ3n) is 3.06. The van der Waals surface area contributed by atoms with Crippen LogP contribution >= 0.6 is 0 Å². The standard InChI is InChI=1S/C16H17N3O3/c1-11-6-7-13(9-12(11)2)22-10-15(20)18-19-16(21)14-5-3-4-8-17-14/h3-9H,10H2,1-2H3,(H,18,20)(H,19,21). The summed E-state index contributed by atoms with van der Waals surface area (Å²) in [6, 6.07) is 10.5. The minimum atomic E-state index is -0.486. The predicted octanol–water partition coefficient (Wildman–Crippen LogP) is 1.54. The number of aryl methyl sites for hydroxylation is 2. The second-order valence-corrected chi connectivity index (χ2v) is 4.75. The third-order valence-corrected chi connectivity index (χ3v) is 3.06. The average molecular weight is 299 g/mol. The van der Waals surface area contributed by atoms with Gasteiger partial charge in [-0.05, 0) is 49.2 Å². The van der Waals surface area contributed by atoms with Crippen molar-refractivity contribution in [3.63, 3.8) is 0 Å². The minimum Gasteiger partial charge on any atom is -0.484 e. The topological polar surface area (TPSA) is 80.3 Å². The van der Waals surface area contributed by atoms with Gasteiger partial charge < -0.3 is 4.74 Å². The van der Waals surface area contributed by atoms with Gasteiger partial charge in [-0.25, -0.2) is 0 Å². The number of nitrogens with one attached hydrogen (secondary N) is 2. The molecule has 1 heterocycles. The first-order valence-corrected chi connectivity index (χ1v) is 6.76. The number of aromatic nitrogens is 1. The molecular formula is C16H17N3O3. The maximum absolute atomic E-state index is 11.7. The van der Waals surface area contributed by atoms with Crippen molar-refractivity contribution < 1.29 is 14.3 Å². The van der Waals surface area contributed by atoms with E-state index in [0.29, 0.717) is 5.75 Å². The Morgan fingerprint density at radius 3 is 2.59 bits per heavy atom. The van der Waals surface area contributed by atoms with Crippen molar-refractivity contribution >= 4 is 11.8 Å². The molecule has 22 heavy (non-hydrogen) atoms. The van der Waals surface area contributed by atoms with Crippen molar-refractivity contribution in [2.75, 3.05) is 6.61 Å². The summed E-state index contributed by atoms with van der Waals surface area (Å²) in [5.74, 6) is -0.336. The molecule has 6 heteroatoms. The second-order valence-electron chi connectivity index (χ2n) is 4.75. The Kier molecular flexibility index (Phi) is 5.08. The Morgan fingerprint density at radius 2 is 1.91 bits per heavy atom. The Balaban J connectivity index is 1.78. The van der Waals surface area contributed by atoms with Crippen LogP contribution in [0.2, 0.25) is 0 Å². The van der Waals surface area contributed by atoms with E-state index in [1.165, 1.54) is 6.20 Å². The zero-order valence-electron chi connectivity index (χ0n) is 12.4. The van der Waals surface area contributed by atoms with E-state index in [9.17, 15) is 9.59 Å². The van der Waals surface area contributed by atoms with Crippen LogP contribution in [0.25, 0.3) is 0 Å². The van der Waals surface area contributed by atoms with E-state index < -0.39 is 11.8 Å². The van der Waals surface area contributed by atoms with Crippen LogP contribution in [0, 0.1) is 13.8 Å². The molecule has 1 aromatic heterocycles. The van der Waals surface area contributed by atoms with Gasteiger partial charge in [-0.1, -0.05) is 12.1 Å². The maximum Gasteiger partial charge on any atom is 0.288 e. The van der Waals surface area contributed by atoms with E-state index in [1.54, 1.807) is 24.3 Å². The SMILES string of the molecule is Cc1ccc(OCC(=O)NNC(=O)c2ccccn2)cc1C. The van der Waals surface area contributed by atoms with Crippen LogP contribution in [-0.2, 0) is 4.79 Å². The number of pyridine rings is 1. The fourth-order valence-corrected chi connectivity index (χ4v) is 1.68. The maximum atomic E-state index is 11.7. The lowest BCUT2D eigenvalue weighted by molar-refractivity contribution is -0.123. The van der Waals surface area contributed by atoms with Gasteiger partial charge in [0.2, 0.25) is 0 Å². The summed E-state index contributed by atoms with van der Waals surface area (Å²) in [6.07, 6.45) is 1.50. The summed E-state index contributed by atoms with van der Waals surface area (Å²) in [6.45, 7) is 3.78. The molecule has 0 fully saturated rings. The van der Waals surface area contributed by atoms with Crippen molar-refractivity contribution in [1.82, 2.24) is 15.8 Å². The van der Waals surface area contributed by atoms with Gasteiger partial charge >= 0.3 is 0 Å². The first kappa shape index (κ1) is 15.5. The molecule has 0 aliphatic rings. The lowest BCUT2D eigenvalue weighted by Crippen LogP contribution is -2.44. The predicted molar refractivity (Wildman–Crippen MR) is 81.3 cm³/mol. The first-order valence-electron chi connectivity index (χ1n) is 6.76. The fourth-order valence-electron chi connectivity index (χ4n) is 1.68. The first-order chi connectivity index (χ1) is 10.6. The molecule has 2 rings (SSSR count). The molecule has 2 N–H and O–H groups in total. The summed E-state index contributed by atoms with van der Waals surface area (Å²) in [4.78, 5) is 27.2. The van der Waals surface area contributed by atoms with E-state index in [2.05, 4.69) is 15.8 Å². The van der Waals surface area contributed by atoms with Gasteiger partial charge in [0.1, 0.15) is 11.4 Å². The Hall–Kier alpha value is -2.89.